The lowest BCUT2D eigenvalue weighted by Gasteiger charge is -2.30. The molecule has 3 N–H and O–H groups in total. The molecule has 5 heteroatoms. The van der Waals surface area contributed by atoms with Gasteiger partial charge in [-0.05, 0) is 18.4 Å². The van der Waals surface area contributed by atoms with Crippen LogP contribution >= 0.6 is 0 Å². The van der Waals surface area contributed by atoms with Gasteiger partial charge in [0.25, 0.3) is 0 Å². The monoisotopic (exact) mass is 289 g/mol. The maximum Gasteiger partial charge on any atom is 0.222 e. The second-order valence-electron chi connectivity index (χ2n) is 5.63. The van der Waals surface area contributed by atoms with Crippen molar-refractivity contribution >= 4 is 11.8 Å². The summed E-state index contributed by atoms with van der Waals surface area (Å²) in [5, 5.41) is 2.99. The molecule has 114 valence electrons. The van der Waals surface area contributed by atoms with Crippen LogP contribution in [0.25, 0.3) is 0 Å². The number of rotatable bonds is 5. The van der Waals surface area contributed by atoms with Gasteiger partial charge in [0.2, 0.25) is 11.8 Å². The topological polar surface area (TPSA) is 75.4 Å². The van der Waals surface area contributed by atoms with Crippen LogP contribution in [0.5, 0.6) is 0 Å². The number of amides is 2. The van der Waals surface area contributed by atoms with Gasteiger partial charge in [-0.2, -0.15) is 0 Å². The van der Waals surface area contributed by atoms with Gasteiger partial charge in [0.15, 0.2) is 0 Å². The number of carbonyl (C=O) groups excluding carboxylic acids is 2. The molecule has 0 aromatic heterocycles. The molecule has 2 rings (SSSR count). The molecule has 2 amide bonds. The first-order chi connectivity index (χ1) is 10.1. The average molecular weight is 289 g/mol. The van der Waals surface area contributed by atoms with Gasteiger partial charge in [0.05, 0.1) is 0 Å². The minimum absolute atomic E-state index is 0.00845. The Kier molecular flexibility index (Phi) is 5.33. The summed E-state index contributed by atoms with van der Waals surface area (Å²) >= 11 is 0. The highest BCUT2D eigenvalue weighted by molar-refractivity contribution is 5.79. The van der Waals surface area contributed by atoms with Crippen LogP contribution in [0.15, 0.2) is 30.3 Å². The van der Waals surface area contributed by atoms with Crippen molar-refractivity contribution in [3.8, 4) is 0 Å². The molecule has 0 aliphatic carbocycles. The molecule has 1 heterocycles. The number of piperidine rings is 1. The van der Waals surface area contributed by atoms with Crippen LogP contribution in [-0.2, 0) is 9.59 Å². The minimum atomic E-state index is -0.118. The first-order valence-corrected chi connectivity index (χ1v) is 7.40. The van der Waals surface area contributed by atoms with E-state index < -0.39 is 0 Å². The molecular weight excluding hydrogens is 266 g/mol. The molecule has 2 atom stereocenters. The van der Waals surface area contributed by atoms with E-state index >= 15 is 0 Å². The SMILES string of the molecule is CN1CC(NC(=O)CCC(N)c2ccccc2)CCC1=O. The first kappa shape index (κ1) is 15.5. The van der Waals surface area contributed by atoms with Crippen molar-refractivity contribution in [2.45, 2.75) is 37.8 Å². The van der Waals surface area contributed by atoms with Gasteiger partial charge in [-0.3, -0.25) is 9.59 Å². The molecule has 0 bridgehead atoms. The number of benzene rings is 1. The summed E-state index contributed by atoms with van der Waals surface area (Å²) < 4.78 is 0. The third-order valence-electron chi connectivity index (χ3n) is 3.90. The lowest BCUT2D eigenvalue weighted by molar-refractivity contribution is -0.134. The maximum atomic E-state index is 12.0. The summed E-state index contributed by atoms with van der Waals surface area (Å²) in [6.45, 7) is 0.593. The van der Waals surface area contributed by atoms with Gasteiger partial charge >= 0.3 is 0 Å². The zero-order valence-corrected chi connectivity index (χ0v) is 12.4. The fraction of sp³-hybridized carbons (Fsp3) is 0.500. The van der Waals surface area contributed by atoms with E-state index in [2.05, 4.69) is 5.32 Å². The molecule has 2 unspecified atom stereocenters. The summed E-state index contributed by atoms with van der Waals surface area (Å²) in [7, 11) is 1.77. The quantitative estimate of drug-likeness (QED) is 0.855. The number of nitrogens with zero attached hydrogens (tertiary/aromatic N) is 1. The Morgan fingerprint density at radius 2 is 2.14 bits per heavy atom. The number of nitrogens with one attached hydrogen (secondary N) is 1. The van der Waals surface area contributed by atoms with Crippen LogP contribution in [0.2, 0.25) is 0 Å². The van der Waals surface area contributed by atoms with Crippen molar-refractivity contribution in [3.63, 3.8) is 0 Å². The van der Waals surface area contributed by atoms with E-state index in [1.807, 2.05) is 30.3 Å². The Morgan fingerprint density at radius 3 is 2.81 bits per heavy atom. The molecule has 0 spiro atoms. The van der Waals surface area contributed by atoms with E-state index in [4.69, 9.17) is 5.73 Å². The Morgan fingerprint density at radius 1 is 1.43 bits per heavy atom. The van der Waals surface area contributed by atoms with Crippen LogP contribution in [0.4, 0.5) is 0 Å². The zero-order valence-electron chi connectivity index (χ0n) is 12.4. The van der Waals surface area contributed by atoms with Crippen molar-refractivity contribution in [2.24, 2.45) is 5.73 Å². The van der Waals surface area contributed by atoms with Gasteiger partial charge < -0.3 is 16.0 Å². The number of hydrogen-bond donors (Lipinski definition) is 2. The van der Waals surface area contributed by atoms with Gasteiger partial charge in [0, 0.05) is 38.5 Å². The molecule has 1 aliphatic rings. The Hall–Kier alpha value is -1.88. The molecule has 1 aromatic rings. The summed E-state index contributed by atoms with van der Waals surface area (Å²) in [4.78, 5) is 25.0. The Labute approximate surface area is 125 Å². The summed E-state index contributed by atoms with van der Waals surface area (Å²) in [5.74, 6) is 0.153. The molecule has 0 radical (unpaired) electrons. The van der Waals surface area contributed by atoms with E-state index in [1.54, 1.807) is 11.9 Å². The fourth-order valence-corrected chi connectivity index (χ4v) is 2.58. The predicted octanol–water partition coefficient (Wildman–Crippen LogP) is 1.20. The van der Waals surface area contributed by atoms with Crippen molar-refractivity contribution < 1.29 is 9.59 Å². The van der Waals surface area contributed by atoms with E-state index in [-0.39, 0.29) is 23.9 Å². The van der Waals surface area contributed by atoms with Crippen LogP contribution in [-0.4, -0.2) is 36.3 Å². The van der Waals surface area contributed by atoms with Crippen molar-refractivity contribution in [2.75, 3.05) is 13.6 Å². The molecule has 0 saturated carbocycles. The highest BCUT2D eigenvalue weighted by Gasteiger charge is 2.23. The lowest BCUT2D eigenvalue weighted by atomic mass is 10.0. The van der Waals surface area contributed by atoms with Crippen LogP contribution in [0.1, 0.15) is 37.3 Å². The van der Waals surface area contributed by atoms with Crippen LogP contribution in [0, 0.1) is 0 Å². The van der Waals surface area contributed by atoms with Crippen molar-refractivity contribution in [1.82, 2.24) is 10.2 Å². The minimum Gasteiger partial charge on any atom is -0.352 e. The van der Waals surface area contributed by atoms with E-state index in [0.717, 1.165) is 12.0 Å². The van der Waals surface area contributed by atoms with Crippen LogP contribution in [0.3, 0.4) is 0 Å². The van der Waals surface area contributed by atoms with Crippen molar-refractivity contribution in [1.29, 1.82) is 0 Å². The highest BCUT2D eigenvalue weighted by Crippen LogP contribution is 2.15. The van der Waals surface area contributed by atoms with Gasteiger partial charge in [0.1, 0.15) is 0 Å². The number of likely N-dealkylation sites (N-methyl/N-ethyl adjacent to an activating group) is 1. The number of likely N-dealkylation sites (tertiary alicyclic amines) is 1. The fourth-order valence-electron chi connectivity index (χ4n) is 2.58. The number of nitrogens with two attached hydrogens (primary N) is 1. The smallest absolute Gasteiger partial charge is 0.222 e. The molecule has 1 aromatic carbocycles. The molecule has 5 nitrogen and oxygen atoms in total. The summed E-state index contributed by atoms with van der Waals surface area (Å²) in [5.41, 5.74) is 7.13. The summed E-state index contributed by atoms with van der Waals surface area (Å²) in [6, 6.07) is 9.74. The third-order valence-corrected chi connectivity index (χ3v) is 3.90. The van der Waals surface area contributed by atoms with Crippen molar-refractivity contribution in [3.05, 3.63) is 35.9 Å². The van der Waals surface area contributed by atoms with E-state index in [1.165, 1.54) is 0 Å². The number of hydrogen-bond acceptors (Lipinski definition) is 3. The standard InChI is InChI=1S/C16H23N3O2/c1-19-11-13(7-10-16(19)21)18-15(20)9-8-14(17)12-5-3-2-4-6-12/h2-6,13-14H,7-11,17H2,1H3,(H,18,20). The summed E-state index contributed by atoms with van der Waals surface area (Å²) in [6.07, 6.45) is 2.26. The molecule has 1 fully saturated rings. The molecule has 1 aliphatic heterocycles. The normalized spacial score (nSPS) is 20.2. The maximum absolute atomic E-state index is 12.0. The Bertz CT molecular complexity index is 490. The number of carbonyl (C=O) groups is 2. The van der Waals surface area contributed by atoms with Gasteiger partial charge in [-0.25, -0.2) is 0 Å². The predicted molar refractivity (Wildman–Crippen MR) is 81.4 cm³/mol. The van der Waals surface area contributed by atoms with Crippen LogP contribution < -0.4 is 11.1 Å². The molecule has 1 saturated heterocycles. The van der Waals surface area contributed by atoms with E-state index in [0.29, 0.717) is 25.8 Å². The Balaban J connectivity index is 1.74. The lowest BCUT2D eigenvalue weighted by Crippen LogP contribution is -2.48. The highest BCUT2D eigenvalue weighted by atomic mass is 16.2. The third kappa shape index (κ3) is 4.56. The van der Waals surface area contributed by atoms with Gasteiger partial charge in [-0.15, -0.1) is 0 Å². The average Bonchev–Trinajstić information content (AvgIpc) is 2.49. The second-order valence-corrected chi connectivity index (χ2v) is 5.63. The molecule has 21 heavy (non-hydrogen) atoms. The van der Waals surface area contributed by atoms with Gasteiger partial charge in [-0.1, -0.05) is 30.3 Å². The first-order valence-electron chi connectivity index (χ1n) is 7.40. The zero-order chi connectivity index (χ0) is 15.2. The molecular formula is C16H23N3O2. The largest absolute Gasteiger partial charge is 0.352 e. The second kappa shape index (κ2) is 7.22. The van der Waals surface area contributed by atoms with E-state index in [9.17, 15) is 9.59 Å².